The first-order chi connectivity index (χ1) is 13.3. The Balaban J connectivity index is 2.82. The van der Waals surface area contributed by atoms with Crippen molar-refractivity contribution in [1.82, 2.24) is 0 Å². The van der Waals surface area contributed by atoms with Gasteiger partial charge in [0.25, 0.3) is 17.1 Å². The fraction of sp³-hybridized carbons (Fsp3) is 0.143. The first kappa shape index (κ1) is 22.5. The summed E-state index contributed by atoms with van der Waals surface area (Å²) in [6.45, 7) is 1.31. The number of nitrogens with zero attached hydrogens (tertiary/aromatic N) is 3. The maximum absolute atomic E-state index is 13.5. The molecular weight excluding hydrogens is 537 g/mol. The largest absolute Gasteiger partial charge is 0.418 e. The third-order valence-corrected chi connectivity index (χ3v) is 5.31. The first-order valence-corrected chi connectivity index (χ1v) is 8.78. The van der Waals surface area contributed by atoms with Gasteiger partial charge in [-0.25, -0.2) is 0 Å². The predicted molar refractivity (Wildman–Crippen MR) is 101 cm³/mol. The molecule has 0 amide bonds. The summed E-state index contributed by atoms with van der Waals surface area (Å²) in [6, 6.07) is 1.56. The third kappa shape index (κ3) is 4.45. The number of halogens is 5. The number of hydrogen-bond acceptors (Lipinski definition) is 7. The minimum absolute atomic E-state index is 0.0284. The molecule has 0 aliphatic carbocycles. The van der Waals surface area contributed by atoms with Crippen LogP contribution in [0.1, 0.15) is 11.1 Å². The predicted octanol–water partition coefficient (Wildman–Crippen LogP) is 6.01. The number of anilines is 2. The van der Waals surface area contributed by atoms with Gasteiger partial charge in [-0.2, -0.15) is 13.2 Å². The Morgan fingerprint density at radius 1 is 0.897 bits per heavy atom. The van der Waals surface area contributed by atoms with E-state index in [0.29, 0.717) is 6.07 Å². The van der Waals surface area contributed by atoms with Crippen molar-refractivity contribution in [1.29, 1.82) is 0 Å². The minimum Gasteiger partial charge on any atom is -0.348 e. The van der Waals surface area contributed by atoms with E-state index in [1.165, 1.54) is 6.92 Å². The lowest BCUT2D eigenvalue weighted by molar-refractivity contribution is -0.394. The van der Waals surface area contributed by atoms with Gasteiger partial charge in [0.05, 0.1) is 36.6 Å². The lowest BCUT2D eigenvalue weighted by atomic mass is 10.1. The lowest BCUT2D eigenvalue weighted by Gasteiger charge is -2.17. The van der Waals surface area contributed by atoms with Gasteiger partial charge in [-0.05, 0) is 38.8 Å². The fourth-order valence-electron chi connectivity index (χ4n) is 2.35. The summed E-state index contributed by atoms with van der Waals surface area (Å²) < 4.78 is 40.4. The summed E-state index contributed by atoms with van der Waals surface area (Å²) in [5.74, 6) is 0. The SMILES string of the molecule is Cc1c([N+](=O)[O-])cc(Br)c(Nc2c([N+](=O)[O-])cc([N+](=O)[O-])cc2C(F)(F)F)c1Br. The van der Waals surface area contributed by atoms with Crippen LogP contribution in [0.5, 0.6) is 0 Å². The van der Waals surface area contributed by atoms with Crippen LogP contribution in [-0.4, -0.2) is 14.8 Å². The van der Waals surface area contributed by atoms with Crippen molar-refractivity contribution >= 4 is 60.3 Å². The highest BCUT2D eigenvalue weighted by Gasteiger charge is 2.40. The van der Waals surface area contributed by atoms with Crippen LogP contribution < -0.4 is 5.32 Å². The maximum atomic E-state index is 13.5. The molecule has 15 heteroatoms. The number of hydrogen-bond donors (Lipinski definition) is 1. The van der Waals surface area contributed by atoms with Crippen LogP contribution in [0.15, 0.2) is 27.1 Å². The summed E-state index contributed by atoms with van der Waals surface area (Å²) >= 11 is 6.00. The molecule has 0 aromatic heterocycles. The molecular formula is C14H7Br2F3N4O6. The Kier molecular flexibility index (Phi) is 6.13. The molecule has 0 atom stereocenters. The second kappa shape index (κ2) is 7.90. The lowest BCUT2D eigenvalue weighted by Crippen LogP contribution is -2.12. The molecule has 2 aromatic carbocycles. The Bertz CT molecular complexity index is 1060. The van der Waals surface area contributed by atoms with E-state index >= 15 is 0 Å². The van der Waals surface area contributed by atoms with Gasteiger partial charge in [-0.3, -0.25) is 30.3 Å². The molecule has 0 spiro atoms. The van der Waals surface area contributed by atoms with Crippen molar-refractivity contribution in [2.75, 3.05) is 5.32 Å². The smallest absolute Gasteiger partial charge is 0.348 e. The van der Waals surface area contributed by atoms with E-state index in [9.17, 15) is 43.5 Å². The van der Waals surface area contributed by atoms with Crippen molar-refractivity contribution in [3.05, 3.63) is 68.6 Å². The number of nitro benzene ring substituents is 3. The van der Waals surface area contributed by atoms with Gasteiger partial charge in [-0.1, -0.05) is 0 Å². The molecule has 0 saturated heterocycles. The van der Waals surface area contributed by atoms with E-state index in [1.54, 1.807) is 0 Å². The van der Waals surface area contributed by atoms with E-state index in [1.807, 2.05) is 0 Å². The number of non-ortho nitro benzene ring substituents is 1. The van der Waals surface area contributed by atoms with Crippen molar-refractivity contribution in [2.24, 2.45) is 0 Å². The monoisotopic (exact) mass is 542 g/mol. The van der Waals surface area contributed by atoms with Crippen LogP contribution in [0.2, 0.25) is 0 Å². The Morgan fingerprint density at radius 3 is 1.90 bits per heavy atom. The molecule has 0 aliphatic heterocycles. The first-order valence-electron chi connectivity index (χ1n) is 7.19. The molecule has 0 saturated carbocycles. The molecule has 0 heterocycles. The highest BCUT2D eigenvalue weighted by atomic mass is 79.9. The van der Waals surface area contributed by atoms with Crippen molar-refractivity contribution in [3.8, 4) is 0 Å². The van der Waals surface area contributed by atoms with Crippen LogP contribution in [0.3, 0.4) is 0 Å². The molecule has 0 radical (unpaired) electrons. The van der Waals surface area contributed by atoms with Gasteiger partial charge >= 0.3 is 6.18 Å². The number of benzene rings is 2. The zero-order chi connectivity index (χ0) is 22.3. The maximum Gasteiger partial charge on any atom is 0.418 e. The molecule has 2 aromatic rings. The third-order valence-electron chi connectivity index (χ3n) is 3.70. The molecule has 154 valence electrons. The van der Waals surface area contributed by atoms with Gasteiger partial charge in [-0.15, -0.1) is 0 Å². The van der Waals surface area contributed by atoms with Crippen molar-refractivity contribution in [3.63, 3.8) is 0 Å². The molecule has 0 bridgehead atoms. The van der Waals surface area contributed by atoms with E-state index in [0.717, 1.165) is 6.07 Å². The molecule has 0 aliphatic rings. The number of nitrogens with one attached hydrogen (secondary N) is 1. The van der Waals surface area contributed by atoms with Crippen LogP contribution in [-0.2, 0) is 6.18 Å². The van der Waals surface area contributed by atoms with E-state index in [4.69, 9.17) is 0 Å². The normalized spacial score (nSPS) is 11.2. The van der Waals surface area contributed by atoms with Crippen molar-refractivity contribution < 1.29 is 27.9 Å². The summed E-state index contributed by atoms with van der Waals surface area (Å²) in [5.41, 5.74) is -5.50. The molecule has 10 nitrogen and oxygen atoms in total. The van der Waals surface area contributed by atoms with Gasteiger partial charge in [0.2, 0.25) is 0 Å². The molecule has 0 fully saturated rings. The summed E-state index contributed by atoms with van der Waals surface area (Å²) in [5, 5.41) is 35.5. The second-order valence-corrected chi connectivity index (χ2v) is 7.12. The molecule has 0 unspecified atom stereocenters. The van der Waals surface area contributed by atoms with E-state index in [2.05, 4.69) is 37.2 Å². The zero-order valence-electron chi connectivity index (χ0n) is 13.9. The average Bonchev–Trinajstić information content (AvgIpc) is 2.59. The summed E-state index contributed by atoms with van der Waals surface area (Å²) in [4.78, 5) is 30.2. The minimum atomic E-state index is -5.17. The van der Waals surface area contributed by atoms with E-state index < -0.39 is 43.6 Å². The van der Waals surface area contributed by atoms with Crippen LogP contribution in [0.4, 0.5) is 41.6 Å². The number of alkyl halides is 3. The zero-order valence-corrected chi connectivity index (χ0v) is 17.1. The second-order valence-electron chi connectivity index (χ2n) is 5.47. The molecule has 29 heavy (non-hydrogen) atoms. The van der Waals surface area contributed by atoms with Crippen LogP contribution in [0.25, 0.3) is 0 Å². The fourth-order valence-corrected chi connectivity index (χ4v) is 3.65. The van der Waals surface area contributed by atoms with Crippen LogP contribution >= 0.6 is 31.9 Å². The number of rotatable bonds is 5. The highest BCUT2D eigenvalue weighted by Crippen LogP contribution is 2.47. The van der Waals surface area contributed by atoms with Gasteiger partial charge < -0.3 is 5.32 Å². The molecule has 1 N–H and O–H groups in total. The van der Waals surface area contributed by atoms with Gasteiger partial charge in [0, 0.05) is 22.2 Å². The standard InChI is InChI=1S/C14H7Br2F3N4O6/c1-5-9(22(26)27)4-8(15)13(11(5)16)20-12-7(14(17,18)19)2-6(21(24)25)3-10(12)23(28)29/h2-4,20H,1H3. The highest BCUT2D eigenvalue weighted by molar-refractivity contribution is 9.11. The Morgan fingerprint density at radius 2 is 1.45 bits per heavy atom. The average molecular weight is 544 g/mol. The topological polar surface area (TPSA) is 141 Å². The number of nitro groups is 3. The summed E-state index contributed by atoms with van der Waals surface area (Å²) in [6.07, 6.45) is -5.17. The van der Waals surface area contributed by atoms with Crippen LogP contribution in [0, 0.1) is 37.3 Å². The molecule has 2 rings (SSSR count). The quantitative estimate of drug-likeness (QED) is 0.359. The van der Waals surface area contributed by atoms with Gasteiger partial charge in [0.1, 0.15) is 5.69 Å². The Labute approximate surface area is 175 Å². The Hall–Kier alpha value is -2.81. The summed E-state index contributed by atoms with van der Waals surface area (Å²) in [7, 11) is 0. The van der Waals surface area contributed by atoms with Gasteiger partial charge in [0.15, 0.2) is 0 Å². The van der Waals surface area contributed by atoms with E-state index in [-0.39, 0.29) is 32.0 Å². The van der Waals surface area contributed by atoms with Crippen molar-refractivity contribution in [2.45, 2.75) is 13.1 Å².